The van der Waals surface area contributed by atoms with Gasteiger partial charge in [0.2, 0.25) is 0 Å². The molecule has 0 bridgehead atoms. The third kappa shape index (κ3) is 3.29. The first-order valence-electron chi connectivity index (χ1n) is 5.53. The smallest absolute Gasteiger partial charge is 0.0721 e. The number of hydrogen-bond donors (Lipinski definition) is 0. The van der Waals surface area contributed by atoms with Gasteiger partial charge in [0.05, 0.1) is 12.7 Å². The van der Waals surface area contributed by atoms with Crippen LogP contribution in [-0.2, 0) is 11.3 Å². The molecule has 1 aromatic rings. The van der Waals surface area contributed by atoms with Crippen LogP contribution in [0, 0.1) is 0 Å². The van der Waals surface area contributed by atoms with E-state index in [-0.39, 0.29) is 0 Å². The van der Waals surface area contributed by atoms with Gasteiger partial charge in [0.15, 0.2) is 0 Å². The largest absolute Gasteiger partial charge is 0.373 e. The Balaban J connectivity index is 1.74. The Bertz CT molecular complexity index is 281. The summed E-state index contributed by atoms with van der Waals surface area (Å²) in [5.41, 5.74) is 1.21. The van der Waals surface area contributed by atoms with E-state index in [1.807, 2.05) is 24.5 Å². The Kier molecular flexibility index (Phi) is 3.69. The van der Waals surface area contributed by atoms with Crippen molar-refractivity contribution in [3.8, 4) is 0 Å². The van der Waals surface area contributed by atoms with Crippen molar-refractivity contribution in [1.82, 2.24) is 9.88 Å². The maximum Gasteiger partial charge on any atom is 0.0721 e. The van der Waals surface area contributed by atoms with Crippen LogP contribution in [0.5, 0.6) is 0 Å². The van der Waals surface area contributed by atoms with Crippen LogP contribution in [0.15, 0.2) is 24.5 Å². The molecule has 0 aliphatic carbocycles. The molecule has 0 aromatic carbocycles. The van der Waals surface area contributed by atoms with Crippen molar-refractivity contribution in [3.63, 3.8) is 0 Å². The van der Waals surface area contributed by atoms with Crippen LogP contribution < -0.4 is 0 Å². The molecule has 1 saturated heterocycles. The minimum Gasteiger partial charge on any atom is -0.373 e. The number of hydrogen-bond acceptors (Lipinski definition) is 3. The van der Waals surface area contributed by atoms with Gasteiger partial charge >= 0.3 is 0 Å². The van der Waals surface area contributed by atoms with Crippen molar-refractivity contribution in [3.05, 3.63) is 30.1 Å². The second-order valence-electron chi connectivity index (χ2n) is 4.17. The van der Waals surface area contributed by atoms with E-state index < -0.39 is 0 Å². The zero-order valence-electron chi connectivity index (χ0n) is 9.22. The highest BCUT2D eigenvalue weighted by Crippen LogP contribution is 2.13. The fraction of sp³-hybridized carbons (Fsp3) is 0.583. The summed E-state index contributed by atoms with van der Waals surface area (Å²) in [6.07, 6.45) is 6.37. The summed E-state index contributed by atoms with van der Waals surface area (Å²) >= 11 is 0. The molecule has 82 valence electrons. The van der Waals surface area contributed by atoms with Gasteiger partial charge in [-0.05, 0) is 37.6 Å². The lowest BCUT2D eigenvalue weighted by Crippen LogP contribution is -2.34. The SMILES string of the molecule is CN1CCC(OCc2ccncc2)CC1. The van der Waals surface area contributed by atoms with Crippen LogP contribution >= 0.6 is 0 Å². The number of pyridine rings is 1. The van der Waals surface area contributed by atoms with E-state index in [1.54, 1.807) is 0 Å². The summed E-state index contributed by atoms with van der Waals surface area (Å²) in [4.78, 5) is 6.34. The molecule has 0 atom stereocenters. The lowest BCUT2D eigenvalue weighted by atomic mass is 10.1. The summed E-state index contributed by atoms with van der Waals surface area (Å²) in [7, 11) is 2.17. The van der Waals surface area contributed by atoms with Crippen molar-refractivity contribution >= 4 is 0 Å². The highest BCUT2D eigenvalue weighted by molar-refractivity contribution is 5.07. The van der Waals surface area contributed by atoms with E-state index >= 15 is 0 Å². The molecule has 1 aliphatic heterocycles. The Labute approximate surface area is 91.1 Å². The van der Waals surface area contributed by atoms with Gasteiger partial charge in [-0.15, -0.1) is 0 Å². The fourth-order valence-corrected chi connectivity index (χ4v) is 1.84. The molecule has 2 rings (SSSR count). The lowest BCUT2D eigenvalue weighted by molar-refractivity contribution is 0.00211. The Morgan fingerprint density at radius 2 is 2.00 bits per heavy atom. The highest BCUT2D eigenvalue weighted by atomic mass is 16.5. The van der Waals surface area contributed by atoms with Gasteiger partial charge < -0.3 is 9.64 Å². The standard InChI is InChI=1S/C12H18N2O/c1-14-8-4-12(5-9-14)15-10-11-2-6-13-7-3-11/h2-3,6-7,12H,4-5,8-10H2,1H3. The van der Waals surface area contributed by atoms with E-state index in [4.69, 9.17) is 4.74 Å². The topological polar surface area (TPSA) is 25.4 Å². The molecule has 0 amide bonds. The van der Waals surface area contributed by atoms with Gasteiger partial charge in [-0.25, -0.2) is 0 Å². The number of rotatable bonds is 3. The van der Waals surface area contributed by atoms with Crippen LogP contribution in [0.2, 0.25) is 0 Å². The monoisotopic (exact) mass is 206 g/mol. The van der Waals surface area contributed by atoms with Gasteiger partial charge in [0, 0.05) is 25.5 Å². The molecule has 3 nitrogen and oxygen atoms in total. The minimum atomic E-state index is 0.439. The number of likely N-dealkylation sites (tertiary alicyclic amines) is 1. The zero-order chi connectivity index (χ0) is 10.5. The second kappa shape index (κ2) is 5.24. The van der Waals surface area contributed by atoms with E-state index in [9.17, 15) is 0 Å². The van der Waals surface area contributed by atoms with Gasteiger partial charge in [-0.3, -0.25) is 4.98 Å². The first-order valence-corrected chi connectivity index (χ1v) is 5.53. The number of nitrogens with zero attached hydrogens (tertiary/aromatic N) is 2. The summed E-state index contributed by atoms with van der Waals surface area (Å²) in [5.74, 6) is 0. The Morgan fingerprint density at radius 1 is 1.33 bits per heavy atom. The van der Waals surface area contributed by atoms with Crippen molar-refractivity contribution in [2.75, 3.05) is 20.1 Å². The van der Waals surface area contributed by atoms with E-state index in [1.165, 1.54) is 5.56 Å². The van der Waals surface area contributed by atoms with E-state index in [0.717, 1.165) is 32.5 Å². The molecule has 0 saturated carbocycles. The van der Waals surface area contributed by atoms with Gasteiger partial charge in [0.25, 0.3) is 0 Å². The minimum absolute atomic E-state index is 0.439. The van der Waals surface area contributed by atoms with Gasteiger partial charge in [0.1, 0.15) is 0 Å². The van der Waals surface area contributed by atoms with E-state index in [2.05, 4.69) is 16.9 Å². The summed E-state index contributed by atoms with van der Waals surface area (Å²) in [6, 6.07) is 4.02. The number of ether oxygens (including phenoxy) is 1. The van der Waals surface area contributed by atoms with Gasteiger partial charge in [-0.1, -0.05) is 0 Å². The number of piperidine rings is 1. The summed E-state index contributed by atoms with van der Waals surface area (Å²) in [6.45, 7) is 3.03. The molecule has 1 fully saturated rings. The van der Waals surface area contributed by atoms with E-state index in [0.29, 0.717) is 6.10 Å². The molecule has 0 spiro atoms. The van der Waals surface area contributed by atoms with Crippen molar-refractivity contribution in [2.45, 2.75) is 25.6 Å². The highest BCUT2D eigenvalue weighted by Gasteiger charge is 2.16. The van der Waals surface area contributed by atoms with Crippen LogP contribution in [0.3, 0.4) is 0 Å². The predicted molar refractivity (Wildman–Crippen MR) is 59.5 cm³/mol. The van der Waals surface area contributed by atoms with Crippen LogP contribution in [-0.4, -0.2) is 36.1 Å². The molecule has 2 heterocycles. The summed E-state index contributed by atoms with van der Waals surface area (Å²) in [5, 5.41) is 0. The maximum absolute atomic E-state index is 5.86. The molecule has 0 radical (unpaired) electrons. The molecule has 0 N–H and O–H groups in total. The van der Waals surface area contributed by atoms with Crippen LogP contribution in [0.1, 0.15) is 18.4 Å². The molecular formula is C12H18N2O. The molecular weight excluding hydrogens is 188 g/mol. The Morgan fingerprint density at radius 3 is 2.67 bits per heavy atom. The predicted octanol–water partition coefficient (Wildman–Crippen LogP) is 1.69. The Hall–Kier alpha value is -0.930. The third-order valence-corrected chi connectivity index (χ3v) is 2.90. The zero-order valence-corrected chi connectivity index (χ0v) is 9.22. The molecule has 0 unspecified atom stereocenters. The molecule has 1 aromatic heterocycles. The van der Waals surface area contributed by atoms with Crippen molar-refractivity contribution < 1.29 is 4.74 Å². The van der Waals surface area contributed by atoms with Crippen molar-refractivity contribution in [1.29, 1.82) is 0 Å². The lowest BCUT2D eigenvalue weighted by Gasteiger charge is -2.28. The molecule has 3 heteroatoms. The maximum atomic E-state index is 5.86. The van der Waals surface area contributed by atoms with Gasteiger partial charge in [-0.2, -0.15) is 0 Å². The first-order chi connectivity index (χ1) is 7.34. The van der Waals surface area contributed by atoms with Crippen LogP contribution in [0.25, 0.3) is 0 Å². The average molecular weight is 206 g/mol. The summed E-state index contributed by atoms with van der Waals surface area (Å²) < 4.78 is 5.86. The van der Waals surface area contributed by atoms with Crippen molar-refractivity contribution in [2.24, 2.45) is 0 Å². The fourth-order valence-electron chi connectivity index (χ4n) is 1.84. The van der Waals surface area contributed by atoms with Crippen LogP contribution in [0.4, 0.5) is 0 Å². The normalized spacial score (nSPS) is 19.3. The second-order valence-corrected chi connectivity index (χ2v) is 4.17. The molecule has 1 aliphatic rings. The molecule has 15 heavy (non-hydrogen) atoms. The number of aromatic nitrogens is 1. The quantitative estimate of drug-likeness (QED) is 0.752. The first kappa shape index (κ1) is 10.6. The third-order valence-electron chi connectivity index (χ3n) is 2.90. The average Bonchev–Trinajstić information content (AvgIpc) is 2.30.